The number of ether oxygens (including phenoxy) is 12. The van der Waals surface area contributed by atoms with E-state index in [2.05, 4.69) is 65.9 Å². The highest BCUT2D eigenvalue weighted by Crippen LogP contribution is 2.70. The molecule has 3 aliphatic carbocycles. The van der Waals surface area contributed by atoms with Crippen LogP contribution in [0.5, 0.6) is 17.2 Å². The molecule has 0 bridgehead atoms. The molecule has 34 nitrogen and oxygen atoms in total. The molecule has 3 unspecified atom stereocenters. The molecular formula is C90H128IN7O27S3. The summed E-state index contributed by atoms with van der Waals surface area (Å²) in [5.74, 6) is 7.15. The number of hydroxylamine groups is 1. The smallest absolute Gasteiger partial charge is 0.410 e. The van der Waals surface area contributed by atoms with Crippen LogP contribution in [-0.2, 0) is 82.8 Å². The van der Waals surface area contributed by atoms with Crippen molar-refractivity contribution in [2.45, 2.75) is 293 Å². The number of nitrogens with two attached hydrogens (primary N) is 2. The van der Waals surface area contributed by atoms with Gasteiger partial charge in [-0.2, -0.15) is 5.48 Å². The molecule has 1 spiro atoms. The first-order chi connectivity index (χ1) is 60.6. The van der Waals surface area contributed by atoms with Gasteiger partial charge in [-0.25, -0.2) is 9.59 Å². The van der Waals surface area contributed by atoms with Gasteiger partial charge in [0, 0.05) is 111 Å². The van der Waals surface area contributed by atoms with Crippen molar-refractivity contribution in [2.24, 2.45) is 46.5 Å². The lowest BCUT2D eigenvalue weighted by molar-refractivity contribution is -0.343. The summed E-state index contributed by atoms with van der Waals surface area (Å²) in [6.07, 6.45) is -14.4. The summed E-state index contributed by atoms with van der Waals surface area (Å²) < 4.78 is 75.2. The van der Waals surface area contributed by atoms with E-state index in [4.69, 9.17) is 73.1 Å². The summed E-state index contributed by atoms with van der Waals surface area (Å²) in [4.78, 5) is 130. The van der Waals surface area contributed by atoms with Crippen molar-refractivity contribution in [1.29, 1.82) is 0 Å². The Morgan fingerprint density at radius 1 is 0.812 bits per heavy atom. The van der Waals surface area contributed by atoms with Gasteiger partial charge in [0.1, 0.15) is 66.2 Å². The van der Waals surface area contributed by atoms with E-state index in [0.717, 1.165) is 11.8 Å². The normalized spacial score (nSPS) is 31.1. The summed E-state index contributed by atoms with van der Waals surface area (Å²) in [5.41, 5.74) is 12.9. The zero-order valence-corrected chi connectivity index (χ0v) is 80.4. The Bertz CT molecular complexity index is 4430. The molecule has 2 aromatic carbocycles. The number of likely N-dealkylation sites (N-methyl/N-ethyl adjacent to an activating group) is 1. The van der Waals surface area contributed by atoms with E-state index in [1.54, 1.807) is 107 Å². The summed E-state index contributed by atoms with van der Waals surface area (Å²) in [7, 11) is 8.67. The van der Waals surface area contributed by atoms with E-state index in [-0.39, 0.29) is 128 Å². The number of hydrogen-bond acceptors (Lipinski definition) is 32. The molecule has 0 aromatic heterocycles. The van der Waals surface area contributed by atoms with Gasteiger partial charge in [0.15, 0.2) is 36.2 Å². The number of carbonyl (C=O) groups excluding carboxylic acids is 9. The topological polar surface area (TPSA) is 478 Å². The Balaban J connectivity index is 0.921. The fraction of sp³-hybridized carbons (Fsp3) is 0.678. The molecule has 5 amide bonds. The standard InChI is InChI=1S/C90H128IN7O27S3/c1-18-98(87(111)118-43-53-27-29-56(30-28-53)95-81(107)55(25-22-35-94-86(93)110)39-60(101)70(45(2)3)96-82(108)54(37-47(5)99)24-19-20-34-92)59-44-117-65(41-64(59)113-14)123-78-73(105)71(50(8)120-85(78)122-63-26-21-23-46(4)31-33-89-58(38-48(6)100)62(103)42-90(89,112)57(68(63)89)32-36-126-128-88(11,12)13)97-125-66-40-61(102)80(52(10)119-66)127-83(109)67-49(7)69(91)76(79(116-17)75(67)114-15)124-84-74(106)77(115-16)72(104)51(9)121-84/h23,27-30,32,45,50-52,54-55,58-59,61,63-66,68,70-74,77-78,80,84-85,97,102,104-106,112H,18-20,22,24-25,34-44,92H2,1-17H3,(H,95,107)(H,96,108)(H3,93,94,110)/b46-23-,57-32+/t50-,51+,52-,54-,55-,58?,59+,61+,63+,64+,65+,66+,68?,70+,71-,72+,73+,74-,77-,78-,80-,84+,85+,89?,90+/m1/s1. The Labute approximate surface area is 774 Å². The lowest BCUT2D eigenvalue weighted by Gasteiger charge is -2.60. The predicted molar refractivity (Wildman–Crippen MR) is 485 cm³/mol. The number of Topliss-reactive ketones (excluding diaryl/α,β-unsaturated/α-hetero) is 4. The van der Waals surface area contributed by atoms with E-state index in [1.165, 1.54) is 47.2 Å². The number of methoxy groups -OCH3 is 4. The molecule has 4 aliphatic heterocycles. The van der Waals surface area contributed by atoms with Gasteiger partial charge in [-0.1, -0.05) is 116 Å². The fourth-order valence-electron chi connectivity index (χ4n) is 17.6. The molecule has 7 aliphatic rings. The fourth-order valence-corrected chi connectivity index (χ4v) is 21.5. The first kappa shape index (κ1) is 105. The molecule has 9 rings (SSSR count). The Kier molecular flexibility index (Phi) is 38.9. The average molecular weight is 1960 g/mol. The number of primary amides is 1. The maximum absolute atomic E-state index is 14.7. The van der Waals surface area contributed by atoms with Crippen molar-refractivity contribution in [3.63, 3.8) is 0 Å². The van der Waals surface area contributed by atoms with Crippen LogP contribution in [0.25, 0.3) is 0 Å². The third-order valence-electron chi connectivity index (χ3n) is 24.1. The van der Waals surface area contributed by atoms with Gasteiger partial charge in [-0.05, 0) is 151 Å². The van der Waals surface area contributed by atoms with Gasteiger partial charge < -0.3 is 124 Å². The molecule has 38 heteroatoms. The molecule has 710 valence electrons. The first-order valence-electron chi connectivity index (χ1n) is 43.4. The highest BCUT2D eigenvalue weighted by Gasteiger charge is 2.78. The van der Waals surface area contributed by atoms with Crippen LogP contribution in [0.4, 0.5) is 15.3 Å². The average Bonchev–Trinajstić information content (AvgIpc) is 1.46. The van der Waals surface area contributed by atoms with Crippen LogP contribution < -0.4 is 47.1 Å². The molecule has 13 N–H and O–H groups in total. The number of hydrogen-bond donors (Lipinski definition) is 11. The Morgan fingerprint density at radius 2 is 1.50 bits per heavy atom. The maximum Gasteiger partial charge on any atom is 0.410 e. The summed E-state index contributed by atoms with van der Waals surface area (Å²) in [6.45, 7) is 22.9. The number of urea groups is 1. The number of halogens is 1. The predicted octanol–water partition coefficient (Wildman–Crippen LogP) is 7.59. The quantitative estimate of drug-likeness (QED) is 0.00761. The van der Waals surface area contributed by atoms with Gasteiger partial charge in [-0.3, -0.25) is 28.8 Å². The number of nitrogens with zero attached hydrogens (tertiary/aromatic N) is 1. The highest BCUT2D eigenvalue weighted by atomic mass is 127. The lowest BCUT2D eigenvalue weighted by atomic mass is 9.44. The second kappa shape index (κ2) is 47.4. The molecule has 128 heavy (non-hydrogen) atoms. The van der Waals surface area contributed by atoms with Gasteiger partial charge >= 0.3 is 12.1 Å². The number of thioether (sulfide) groups is 1. The Hall–Kier alpha value is -6.59. The maximum atomic E-state index is 14.7. The number of allylic oxidation sites excluding steroid dienone is 2. The highest BCUT2D eigenvalue weighted by molar-refractivity contribution is 14.1. The van der Waals surface area contributed by atoms with Crippen molar-refractivity contribution in [3.05, 3.63) is 67.8 Å². The largest absolute Gasteiger partial charge is 0.492 e. The number of rotatable bonds is 42. The van der Waals surface area contributed by atoms with Crippen molar-refractivity contribution < 1.29 is 130 Å². The van der Waals surface area contributed by atoms with Crippen LogP contribution in [-0.4, -0.2) is 269 Å². The second-order valence-corrected chi connectivity index (χ2v) is 40.3. The number of ketones is 4. The number of benzene rings is 2. The van der Waals surface area contributed by atoms with E-state index >= 15 is 0 Å². The summed E-state index contributed by atoms with van der Waals surface area (Å²) in [5, 5.41) is 66.9. The van der Waals surface area contributed by atoms with Crippen molar-refractivity contribution in [3.8, 4) is 40.9 Å². The number of anilines is 1. The van der Waals surface area contributed by atoms with Crippen molar-refractivity contribution >= 4 is 114 Å². The second-order valence-electron chi connectivity index (χ2n) is 34.9. The zero-order chi connectivity index (χ0) is 94.1. The van der Waals surface area contributed by atoms with Crippen LogP contribution in [0.3, 0.4) is 0 Å². The van der Waals surface area contributed by atoms with E-state index in [0.29, 0.717) is 63.1 Å². The van der Waals surface area contributed by atoms with Crippen LogP contribution in [0.2, 0.25) is 0 Å². The number of amides is 5. The van der Waals surface area contributed by atoms with Gasteiger partial charge in [0.25, 0.3) is 0 Å². The minimum absolute atomic E-state index is 0.00123. The minimum Gasteiger partial charge on any atom is -0.492 e. The molecule has 0 radical (unpaired) electrons. The molecular weight excluding hydrogens is 1830 g/mol. The van der Waals surface area contributed by atoms with E-state index in [1.807, 2.05) is 28.7 Å². The molecule has 6 fully saturated rings. The molecule has 25 atom stereocenters. The first-order valence-corrected chi connectivity index (χ1v) is 47.6. The number of nitrogens with one attached hydrogen (secondary N) is 4. The Morgan fingerprint density at radius 3 is 2.12 bits per heavy atom. The van der Waals surface area contributed by atoms with Crippen LogP contribution >= 0.6 is 55.9 Å². The molecule has 4 saturated heterocycles. The number of unbranched alkanes of at least 4 members (excludes halogenated alkanes) is 1. The molecule has 2 aromatic rings. The van der Waals surface area contributed by atoms with E-state index in [9.17, 15) is 68.7 Å². The van der Waals surface area contributed by atoms with Crippen LogP contribution in [0.15, 0.2) is 47.6 Å². The van der Waals surface area contributed by atoms with Crippen LogP contribution in [0.1, 0.15) is 175 Å². The summed E-state index contributed by atoms with van der Waals surface area (Å²) in [6, 6.07) is 2.81. The van der Waals surface area contributed by atoms with E-state index < -0.39 is 185 Å². The van der Waals surface area contributed by atoms with Gasteiger partial charge in [-0.15, -0.1) is 0 Å². The molecule has 4 heterocycles. The number of aliphatic hydroxyl groups is 5. The SMILES string of the molecule is CCN(C(=O)OCc1ccc(NC(=O)[C@H](CCCNC(N)=O)CC(=O)[C@@H](NC(=O)[C@H](CCCCN)CC(C)=O)C(C)C)cc1)[C@H]1CO[C@@H](O[C@H]2[C@H](O[C@H]3C#C/C=C(/C)C#CC45C(CC(C)=O)C(=O)C[C@]4(O)/C(=C/CSSC(C)(C)C)C35)O[C@H](C)[C@@H](NO[C@H]3C[C@H](O)[C@H](SC(=O)c4c(C)c(I)c(O[C@@H]5O[C@@H](C)[C@H](O)[C@@H](OC)[C@H]5O)c(OC)c4OC)[C@@H](C)O3)[C@@H]2O)C[C@@H]1OC. The third kappa shape index (κ3) is 25.5. The zero-order valence-electron chi connectivity index (χ0n) is 75.8. The number of aliphatic hydroxyl groups excluding tert-OH is 4. The van der Waals surface area contributed by atoms with Crippen molar-refractivity contribution in [2.75, 3.05) is 65.7 Å². The number of carbonyl (C=O) groups is 9. The lowest BCUT2D eigenvalue weighted by Crippen LogP contribution is -2.69. The van der Waals surface area contributed by atoms with Gasteiger partial charge in [0.2, 0.25) is 29.0 Å². The minimum atomic E-state index is -1.84. The summed E-state index contributed by atoms with van der Waals surface area (Å²) >= 11 is 2.79. The van der Waals surface area contributed by atoms with Crippen molar-refractivity contribution in [1.82, 2.24) is 21.0 Å². The monoisotopic (exact) mass is 1960 g/mol. The third-order valence-corrected chi connectivity index (χ3v) is 30.0. The van der Waals surface area contributed by atoms with Crippen LogP contribution in [0, 0.1) is 69.2 Å². The molecule has 2 saturated carbocycles. The van der Waals surface area contributed by atoms with Gasteiger partial charge in [0.05, 0.1) is 89.3 Å².